The number of amides is 2. The Morgan fingerprint density at radius 3 is 2.38 bits per heavy atom. The SMILES string of the molecule is CNC(=O)CCOCCOCCN[C-]=O.[Y]. The van der Waals surface area contributed by atoms with Crippen LogP contribution >= 0.6 is 0 Å². The summed E-state index contributed by atoms with van der Waals surface area (Å²) in [6.07, 6.45) is 1.90. The number of carbonyl (C=O) groups excluding carboxylic acids is 2. The van der Waals surface area contributed by atoms with Crippen molar-refractivity contribution in [2.75, 3.05) is 40.0 Å². The van der Waals surface area contributed by atoms with Crippen molar-refractivity contribution in [3.05, 3.63) is 0 Å². The minimum Gasteiger partial charge on any atom is -0.528 e. The molecule has 0 bridgehead atoms. The molecule has 7 heteroatoms. The van der Waals surface area contributed by atoms with Gasteiger partial charge in [0.15, 0.2) is 0 Å². The van der Waals surface area contributed by atoms with Crippen molar-refractivity contribution in [3.8, 4) is 0 Å². The quantitative estimate of drug-likeness (QED) is 0.302. The fourth-order valence-corrected chi connectivity index (χ4v) is 0.786. The smallest absolute Gasteiger partial charge is 0.222 e. The molecule has 0 aromatic heterocycles. The molecule has 0 unspecified atom stereocenters. The minimum atomic E-state index is -0.0401. The molecule has 0 heterocycles. The number of hydrogen-bond acceptors (Lipinski definition) is 4. The van der Waals surface area contributed by atoms with Crippen LogP contribution in [0.5, 0.6) is 0 Å². The van der Waals surface area contributed by atoms with Crippen LogP contribution in [0.3, 0.4) is 0 Å². The number of carbonyl (C=O) groups is 1. The van der Waals surface area contributed by atoms with Crippen molar-refractivity contribution in [2.45, 2.75) is 6.42 Å². The van der Waals surface area contributed by atoms with Gasteiger partial charge in [-0.3, -0.25) is 4.79 Å². The minimum absolute atomic E-state index is 0. The standard InChI is InChI=1S/C9H17N2O4.Y/c1-10-9(13)2-4-14-6-7-15-5-3-11-8-12;/h2-7H2,1H3,(H,10,13)(H,11,12);/q-1;. The van der Waals surface area contributed by atoms with Gasteiger partial charge in [-0.2, -0.15) is 6.41 Å². The number of ether oxygens (including phenoxy) is 2. The van der Waals surface area contributed by atoms with Crippen molar-refractivity contribution < 1.29 is 51.8 Å². The molecule has 91 valence electrons. The van der Waals surface area contributed by atoms with Crippen LogP contribution in [0.1, 0.15) is 6.42 Å². The molecule has 1 radical (unpaired) electrons. The second-order valence-corrected chi connectivity index (χ2v) is 2.68. The first-order chi connectivity index (χ1) is 7.31. The fraction of sp³-hybridized carbons (Fsp3) is 0.778. The third-order valence-electron chi connectivity index (χ3n) is 1.57. The van der Waals surface area contributed by atoms with Crippen molar-refractivity contribution in [1.82, 2.24) is 10.6 Å². The van der Waals surface area contributed by atoms with Crippen molar-refractivity contribution in [3.63, 3.8) is 0 Å². The zero-order valence-electron chi connectivity index (χ0n) is 9.45. The van der Waals surface area contributed by atoms with Gasteiger partial charge in [-0.05, 0) is 0 Å². The van der Waals surface area contributed by atoms with E-state index in [0.717, 1.165) is 0 Å². The fourth-order valence-electron chi connectivity index (χ4n) is 0.786. The Morgan fingerprint density at radius 1 is 1.19 bits per heavy atom. The Kier molecular flexibility index (Phi) is 17.1. The van der Waals surface area contributed by atoms with Gasteiger partial charge in [-0.1, -0.05) is 0 Å². The summed E-state index contributed by atoms with van der Waals surface area (Å²) in [5.41, 5.74) is 0. The van der Waals surface area contributed by atoms with Crippen molar-refractivity contribution >= 4 is 12.3 Å². The van der Waals surface area contributed by atoms with E-state index < -0.39 is 0 Å². The molecule has 0 aliphatic carbocycles. The molecule has 0 spiro atoms. The molecule has 0 aromatic carbocycles. The molecule has 2 amide bonds. The molecule has 0 rings (SSSR count). The van der Waals surface area contributed by atoms with Crippen molar-refractivity contribution in [1.29, 1.82) is 0 Å². The summed E-state index contributed by atoms with van der Waals surface area (Å²) in [7, 11) is 1.59. The van der Waals surface area contributed by atoms with Crippen LogP contribution in [0.4, 0.5) is 0 Å². The van der Waals surface area contributed by atoms with Gasteiger partial charge in [0, 0.05) is 52.7 Å². The predicted octanol–water partition coefficient (Wildman–Crippen LogP) is -1.19. The van der Waals surface area contributed by atoms with E-state index in [1.807, 2.05) is 0 Å². The summed E-state index contributed by atoms with van der Waals surface area (Å²) in [6.45, 7) is 2.18. The van der Waals surface area contributed by atoms with Crippen molar-refractivity contribution in [2.24, 2.45) is 0 Å². The van der Waals surface area contributed by atoms with E-state index in [1.54, 1.807) is 13.5 Å². The van der Waals surface area contributed by atoms with E-state index in [0.29, 0.717) is 39.4 Å². The number of hydrogen-bond donors (Lipinski definition) is 2. The van der Waals surface area contributed by atoms with Gasteiger partial charge in [0.05, 0.1) is 26.4 Å². The van der Waals surface area contributed by atoms with E-state index in [-0.39, 0.29) is 38.6 Å². The van der Waals surface area contributed by atoms with Crippen LogP contribution in [0, 0.1) is 0 Å². The largest absolute Gasteiger partial charge is 0.528 e. The van der Waals surface area contributed by atoms with Crippen LogP contribution in [-0.2, 0) is 51.8 Å². The Morgan fingerprint density at radius 2 is 1.81 bits per heavy atom. The van der Waals surface area contributed by atoms with Gasteiger partial charge in [0.25, 0.3) is 0 Å². The van der Waals surface area contributed by atoms with Gasteiger partial charge in [0.1, 0.15) is 0 Å². The first-order valence-electron chi connectivity index (χ1n) is 4.77. The Labute approximate surface area is 121 Å². The second-order valence-electron chi connectivity index (χ2n) is 2.68. The number of rotatable bonds is 10. The first kappa shape index (κ1) is 18.3. The van der Waals surface area contributed by atoms with Gasteiger partial charge in [0.2, 0.25) is 5.91 Å². The maximum atomic E-state index is 10.8. The summed E-state index contributed by atoms with van der Waals surface area (Å²) < 4.78 is 10.2. The summed E-state index contributed by atoms with van der Waals surface area (Å²) in [4.78, 5) is 20.5. The molecule has 2 N–H and O–H groups in total. The first-order valence-corrected chi connectivity index (χ1v) is 4.77. The zero-order chi connectivity index (χ0) is 11.4. The molecular weight excluding hydrogens is 289 g/mol. The van der Waals surface area contributed by atoms with Gasteiger partial charge in [-0.15, -0.1) is 0 Å². The third kappa shape index (κ3) is 14.0. The molecule has 0 atom stereocenters. The zero-order valence-corrected chi connectivity index (χ0v) is 12.3. The average molecular weight is 306 g/mol. The normalized spacial score (nSPS) is 9.06. The summed E-state index contributed by atoms with van der Waals surface area (Å²) in [5, 5.41) is 4.84. The summed E-state index contributed by atoms with van der Waals surface area (Å²) >= 11 is 0. The van der Waals surface area contributed by atoms with Crippen LogP contribution < -0.4 is 10.6 Å². The predicted molar refractivity (Wildman–Crippen MR) is 54.0 cm³/mol. The van der Waals surface area contributed by atoms with Gasteiger partial charge in [-0.25, -0.2) is 0 Å². The average Bonchev–Trinajstić information content (AvgIpc) is 2.26. The molecule has 0 aromatic rings. The molecule has 6 nitrogen and oxygen atoms in total. The molecular formula is C9H17N2O4Y-. The molecule has 0 saturated carbocycles. The maximum absolute atomic E-state index is 10.8. The van der Waals surface area contributed by atoms with Crippen LogP contribution in [0.25, 0.3) is 0 Å². The maximum Gasteiger partial charge on any atom is 0.222 e. The van der Waals surface area contributed by atoms with E-state index in [9.17, 15) is 9.59 Å². The van der Waals surface area contributed by atoms with E-state index >= 15 is 0 Å². The molecule has 0 aliphatic rings. The van der Waals surface area contributed by atoms with Crippen LogP contribution in [-0.4, -0.2) is 52.3 Å². The van der Waals surface area contributed by atoms with Gasteiger partial charge >= 0.3 is 0 Å². The second kappa shape index (κ2) is 15.0. The topological polar surface area (TPSA) is 76.7 Å². The molecule has 16 heavy (non-hydrogen) atoms. The monoisotopic (exact) mass is 306 g/mol. The summed E-state index contributed by atoms with van der Waals surface area (Å²) in [6, 6.07) is 0. The van der Waals surface area contributed by atoms with E-state index in [1.165, 1.54) is 0 Å². The van der Waals surface area contributed by atoms with E-state index in [4.69, 9.17) is 9.47 Å². The van der Waals surface area contributed by atoms with E-state index in [2.05, 4.69) is 10.6 Å². The van der Waals surface area contributed by atoms with Crippen LogP contribution in [0.15, 0.2) is 0 Å². The number of nitrogens with one attached hydrogen (secondary N) is 2. The Bertz CT molecular complexity index is 181. The summed E-state index contributed by atoms with van der Waals surface area (Å²) in [5.74, 6) is -0.0401. The molecule has 0 fully saturated rings. The van der Waals surface area contributed by atoms with Gasteiger partial charge < -0.3 is 24.9 Å². The van der Waals surface area contributed by atoms with Crippen LogP contribution in [0.2, 0.25) is 0 Å². The Balaban J connectivity index is 0. The Hall–Kier alpha value is -0.0361. The molecule has 0 aliphatic heterocycles. The molecule has 0 saturated heterocycles. The third-order valence-corrected chi connectivity index (χ3v) is 1.57.